The summed E-state index contributed by atoms with van der Waals surface area (Å²) in [4.78, 5) is 25.8. The first-order valence-corrected chi connectivity index (χ1v) is 9.32. The fourth-order valence-corrected chi connectivity index (χ4v) is 6.82. The van der Waals surface area contributed by atoms with Crippen LogP contribution in [-0.2, 0) is 14.3 Å². The van der Waals surface area contributed by atoms with Crippen molar-refractivity contribution in [1.82, 2.24) is 0 Å². The standard InChI is InChI=1S/C20H26O3/c1-10-8-12-16-11(4-6-20(12,3)18(10)22)19(2)7-5-15-17(23-15)13(19)9-14(16)21/h9-12,15-17H,4-8H2,1-3H3/t10?,11-,12+,15?,16-,17?,19-,20+/m1/s1. The zero-order valence-electron chi connectivity index (χ0n) is 14.3. The number of ether oxygens (including phenoxy) is 1. The molecular weight excluding hydrogens is 288 g/mol. The Hall–Kier alpha value is -0.960. The maximum absolute atomic E-state index is 13.0. The van der Waals surface area contributed by atoms with Crippen LogP contribution in [0.25, 0.3) is 0 Å². The van der Waals surface area contributed by atoms with Crippen molar-refractivity contribution in [3.63, 3.8) is 0 Å². The highest BCUT2D eigenvalue weighted by molar-refractivity contribution is 5.97. The van der Waals surface area contributed by atoms with E-state index in [-0.39, 0.29) is 40.5 Å². The summed E-state index contributed by atoms with van der Waals surface area (Å²) in [6.45, 7) is 6.56. The predicted octanol–water partition coefficient (Wildman–Crippen LogP) is 3.32. The first kappa shape index (κ1) is 14.4. The van der Waals surface area contributed by atoms with Gasteiger partial charge in [-0.3, -0.25) is 9.59 Å². The van der Waals surface area contributed by atoms with E-state index in [0.29, 0.717) is 17.8 Å². The van der Waals surface area contributed by atoms with E-state index in [1.165, 1.54) is 5.57 Å². The van der Waals surface area contributed by atoms with E-state index in [4.69, 9.17) is 4.74 Å². The van der Waals surface area contributed by atoms with E-state index in [1.807, 2.05) is 6.08 Å². The van der Waals surface area contributed by atoms with Crippen molar-refractivity contribution in [2.75, 3.05) is 0 Å². The summed E-state index contributed by atoms with van der Waals surface area (Å²) in [5.74, 6) is 1.54. The number of ketones is 2. The molecule has 0 amide bonds. The second-order valence-electron chi connectivity index (χ2n) is 9.25. The summed E-state index contributed by atoms with van der Waals surface area (Å²) in [5, 5.41) is 0. The van der Waals surface area contributed by atoms with Crippen LogP contribution in [0.5, 0.6) is 0 Å². The number of hydrogen-bond donors (Lipinski definition) is 0. The number of hydrogen-bond acceptors (Lipinski definition) is 3. The van der Waals surface area contributed by atoms with Crippen molar-refractivity contribution in [2.45, 2.75) is 65.1 Å². The maximum atomic E-state index is 13.0. The Bertz CT molecular complexity index is 649. The highest BCUT2D eigenvalue weighted by atomic mass is 16.6. The highest BCUT2D eigenvalue weighted by Crippen LogP contribution is 2.65. The molecule has 3 unspecified atom stereocenters. The molecule has 8 atom stereocenters. The van der Waals surface area contributed by atoms with E-state index < -0.39 is 0 Å². The van der Waals surface area contributed by atoms with Gasteiger partial charge in [0, 0.05) is 17.3 Å². The van der Waals surface area contributed by atoms with Crippen LogP contribution in [0.3, 0.4) is 0 Å². The summed E-state index contributed by atoms with van der Waals surface area (Å²) < 4.78 is 5.81. The van der Waals surface area contributed by atoms with Crippen molar-refractivity contribution in [1.29, 1.82) is 0 Å². The van der Waals surface area contributed by atoms with Crippen molar-refractivity contribution in [2.24, 2.45) is 34.5 Å². The lowest BCUT2D eigenvalue weighted by Crippen LogP contribution is -2.53. The molecule has 3 nitrogen and oxygen atoms in total. The first-order chi connectivity index (χ1) is 10.9. The Labute approximate surface area is 137 Å². The zero-order valence-corrected chi connectivity index (χ0v) is 14.3. The minimum absolute atomic E-state index is 0.0618. The summed E-state index contributed by atoms with van der Waals surface area (Å²) in [5.41, 5.74) is 1.14. The third kappa shape index (κ3) is 1.60. The molecule has 124 valence electrons. The molecule has 23 heavy (non-hydrogen) atoms. The van der Waals surface area contributed by atoms with Gasteiger partial charge in [0.05, 0.1) is 6.10 Å². The third-order valence-corrected chi connectivity index (χ3v) is 8.22. The molecule has 0 aromatic rings. The van der Waals surface area contributed by atoms with Crippen LogP contribution in [0.2, 0.25) is 0 Å². The van der Waals surface area contributed by atoms with E-state index in [2.05, 4.69) is 20.8 Å². The molecule has 1 aliphatic heterocycles. The molecule has 0 aromatic carbocycles. The van der Waals surface area contributed by atoms with Crippen molar-refractivity contribution >= 4 is 11.6 Å². The molecule has 5 aliphatic rings. The van der Waals surface area contributed by atoms with E-state index >= 15 is 0 Å². The lowest BCUT2D eigenvalue weighted by atomic mass is 9.48. The van der Waals surface area contributed by atoms with Gasteiger partial charge in [0.2, 0.25) is 0 Å². The fourth-order valence-electron chi connectivity index (χ4n) is 6.82. The van der Waals surface area contributed by atoms with Crippen molar-refractivity contribution in [3.8, 4) is 0 Å². The molecule has 3 heteroatoms. The van der Waals surface area contributed by atoms with Crippen LogP contribution in [-0.4, -0.2) is 23.8 Å². The molecule has 1 heterocycles. The van der Waals surface area contributed by atoms with E-state index in [1.54, 1.807) is 0 Å². The van der Waals surface area contributed by atoms with Gasteiger partial charge >= 0.3 is 0 Å². The van der Waals surface area contributed by atoms with Crippen LogP contribution >= 0.6 is 0 Å². The molecule has 0 bridgehead atoms. The van der Waals surface area contributed by atoms with Gasteiger partial charge in [0.25, 0.3) is 0 Å². The lowest BCUT2D eigenvalue weighted by molar-refractivity contribution is -0.139. The van der Waals surface area contributed by atoms with Gasteiger partial charge in [-0.2, -0.15) is 0 Å². The fraction of sp³-hybridized carbons (Fsp3) is 0.800. The van der Waals surface area contributed by atoms with Gasteiger partial charge in [0.1, 0.15) is 11.9 Å². The molecule has 3 saturated carbocycles. The molecule has 0 aromatic heterocycles. The first-order valence-electron chi connectivity index (χ1n) is 9.32. The monoisotopic (exact) mass is 314 g/mol. The average Bonchev–Trinajstić information content (AvgIpc) is 3.25. The minimum atomic E-state index is -0.259. The molecule has 0 N–H and O–H groups in total. The molecule has 0 spiro atoms. The molecule has 4 aliphatic carbocycles. The van der Waals surface area contributed by atoms with Crippen LogP contribution < -0.4 is 0 Å². The van der Waals surface area contributed by atoms with Crippen LogP contribution in [0.15, 0.2) is 11.6 Å². The normalized spacial score (nSPS) is 57.1. The number of Topliss-reactive ketones (excluding diaryl/α,β-unsaturated/α-hetero) is 1. The van der Waals surface area contributed by atoms with Gasteiger partial charge in [-0.25, -0.2) is 0 Å². The Morgan fingerprint density at radius 2 is 1.83 bits per heavy atom. The van der Waals surface area contributed by atoms with Crippen LogP contribution in [0.4, 0.5) is 0 Å². The molecule has 4 fully saturated rings. The predicted molar refractivity (Wildman–Crippen MR) is 85.7 cm³/mol. The summed E-state index contributed by atoms with van der Waals surface area (Å²) in [7, 11) is 0. The third-order valence-electron chi connectivity index (χ3n) is 8.22. The quantitative estimate of drug-likeness (QED) is 0.644. The van der Waals surface area contributed by atoms with Gasteiger partial charge in [-0.05, 0) is 61.0 Å². The number of rotatable bonds is 0. The number of fused-ring (bicyclic) bond motifs is 7. The molecule has 0 radical (unpaired) electrons. The average molecular weight is 314 g/mol. The smallest absolute Gasteiger partial charge is 0.159 e. The second-order valence-corrected chi connectivity index (χ2v) is 9.25. The number of allylic oxidation sites excluding steroid dienone is 1. The minimum Gasteiger partial charge on any atom is -0.365 e. The Morgan fingerprint density at radius 3 is 2.61 bits per heavy atom. The van der Waals surface area contributed by atoms with Crippen LogP contribution in [0, 0.1) is 34.5 Å². The Balaban J connectivity index is 1.60. The molecular formula is C20H26O3. The highest BCUT2D eigenvalue weighted by Gasteiger charge is 2.65. The maximum Gasteiger partial charge on any atom is 0.159 e. The van der Waals surface area contributed by atoms with Crippen molar-refractivity contribution < 1.29 is 14.3 Å². The summed E-state index contributed by atoms with van der Waals surface area (Å²) in [6, 6.07) is 0. The van der Waals surface area contributed by atoms with Gasteiger partial charge < -0.3 is 4.74 Å². The summed E-state index contributed by atoms with van der Waals surface area (Å²) in [6.07, 6.45) is 7.69. The Kier molecular flexibility index (Phi) is 2.61. The lowest BCUT2D eigenvalue weighted by Gasteiger charge is -2.54. The summed E-state index contributed by atoms with van der Waals surface area (Å²) >= 11 is 0. The topological polar surface area (TPSA) is 46.7 Å². The zero-order chi connectivity index (χ0) is 16.1. The number of epoxide rings is 1. The second kappa shape index (κ2) is 4.17. The van der Waals surface area contributed by atoms with E-state index in [0.717, 1.165) is 32.1 Å². The van der Waals surface area contributed by atoms with Gasteiger partial charge in [0.15, 0.2) is 5.78 Å². The molecule has 1 saturated heterocycles. The van der Waals surface area contributed by atoms with E-state index in [9.17, 15) is 9.59 Å². The van der Waals surface area contributed by atoms with Crippen LogP contribution in [0.1, 0.15) is 52.9 Å². The number of carbonyl (C=O) groups excluding carboxylic acids is 2. The van der Waals surface area contributed by atoms with Gasteiger partial charge in [-0.15, -0.1) is 0 Å². The molecule has 5 rings (SSSR count). The number of carbonyl (C=O) groups is 2. The SMILES string of the molecule is CC1C[C@H]2[C@@H]3C(=O)C=C4C5OC5CC[C@]4(C)[C@@H]3CC[C@]2(C)C1=O. The van der Waals surface area contributed by atoms with Gasteiger partial charge in [-0.1, -0.05) is 20.8 Å². The van der Waals surface area contributed by atoms with Crippen molar-refractivity contribution in [3.05, 3.63) is 11.6 Å². The Morgan fingerprint density at radius 1 is 1.09 bits per heavy atom. The largest absolute Gasteiger partial charge is 0.365 e.